The fourth-order valence-corrected chi connectivity index (χ4v) is 4.23. The number of benzene rings is 2. The first-order valence-electron chi connectivity index (χ1n) is 10.1. The first-order valence-corrected chi connectivity index (χ1v) is 11.0. The van der Waals surface area contributed by atoms with Crippen molar-refractivity contribution in [1.82, 2.24) is 9.88 Å². The summed E-state index contributed by atoms with van der Waals surface area (Å²) in [7, 11) is 0. The van der Waals surface area contributed by atoms with Crippen molar-refractivity contribution in [3.05, 3.63) is 64.5 Å². The number of aryl methyl sites for hydroxylation is 1. The fraction of sp³-hybridized carbons (Fsp3) is 0.261. The van der Waals surface area contributed by atoms with Crippen molar-refractivity contribution < 1.29 is 24.5 Å². The molecule has 1 amide bonds. The van der Waals surface area contributed by atoms with E-state index in [0.29, 0.717) is 18.0 Å². The molecule has 1 aliphatic rings. The number of anilines is 1. The smallest absolute Gasteiger partial charge is 0.335 e. The van der Waals surface area contributed by atoms with E-state index >= 15 is 0 Å². The maximum atomic E-state index is 12.6. The predicted octanol–water partition coefficient (Wildman–Crippen LogP) is 2.88. The van der Waals surface area contributed by atoms with Crippen LogP contribution in [-0.4, -0.2) is 63.8 Å². The molecule has 0 spiro atoms. The molecule has 2 heterocycles. The van der Waals surface area contributed by atoms with E-state index < -0.39 is 18.2 Å². The van der Waals surface area contributed by atoms with Gasteiger partial charge in [-0.25, -0.2) is 9.78 Å². The molecule has 8 nitrogen and oxygen atoms in total. The minimum absolute atomic E-state index is 0.103. The standard InChI is InChI=1S/C23H23N3O5S/c1-14-24-19(13-32-14)15-4-2-6-17(8-15)25-22(28)12-26-10-20(27)21(11-26)31-18-7-3-5-16(9-18)23(29)30/h2-9,13,20-21,27H,10-12H2,1H3,(H,25,28)(H,29,30)/t20-,21-/m1/s1. The molecule has 0 unspecified atom stereocenters. The third-order valence-corrected chi connectivity index (χ3v) is 5.88. The van der Waals surface area contributed by atoms with E-state index in [9.17, 15) is 14.7 Å². The average molecular weight is 454 g/mol. The Hall–Kier alpha value is -3.27. The van der Waals surface area contributed by atoms with Gasteiger partial charge < -0.3 is 20.3 Å². The molecule has 0 saturated carbocycles. The van der Waals surface area contributed by atoms with E-state index in [-0.39, 0.29) is 24.6 Å². The van der Waals surface area contributed by atoms with Crippen LogP contribution in [0.15, 0.2) is 53.9 Å². The molecule has 0 bridgehead atoms. The van der Waals surface area contributed by atoms with Crippen molar-refractivity contribution in [3.63, 3.8) is 0 Å². The summed E-state index contributed by atoms with van der Waals surface area (Å²) < 4.78 is 5.78. The number of aliphatic hydroxyl groups is 1. The number of aromatic nitrogens is 1. The number of carbonyl (C=O) groups is 2. The van der Waals surface area contributed by atoms with Gasteiger partial charge in [-0.15, -0.1) is 11.3 Å². The Kier molecular flexibility index (Phi) is 6.50. The molecule has 1 aliphatic heterocycles. The second-order valence-corrected chi connectivity index (χ2v) is 8.69. The van der Waals surface area contributed by atoms with Crippen LogP contribution in [-0.2, 0) is 4.79 Å². The van der Waals surface area contributed by atoms with Crippen LogP contribution >= 0.6 is 11.3 Å². The van der Waals surface area contributed by atoms with E-state index in [2.05, 4.69) is 10.3 Å². The number of hydrogen-bond donors (Lipinski definition) is 3. The van der Waals surface area contributed by atoms with E-state index in [1.54, 1.807) is 28.4 Å². The molecule has 2 aromatic carbocycles. The molecule has 0 radical (unpaired) electrons. The number of carbonyl (C=O) groups excluding carboxylic acids is 1. The molecule has 166 valence electrons. The van der Waals surface area contributed by atoms with Gasteiger partial charge in [0.1, 0.15) is 18.0 Å². The summed E-state index contributed by atoms with van der Waals surface area (Å²) in [5, 5.41) is 25.3. The number of likely N-dealkylation sites (tertiary alicyclic amines) is 1. The number of aromatic carboxylic acids is 1. The molecule has 3 aromatic rings. The van der Waals surface area contributed by atoms with Crippen LogP contribution in [0.1, 0.15) is 15.4 Å². The Morgan fingerprint density at radius 2 is 2.03 bits per heavy atom. The van der Waals surface area contributed by atoms with Gasteiger partial charge in [0, 0.05) is 29.7 Å². The van der Waals surface area contributed by atoms with Gasteiger partial charge in [0.05, 0.1) is 22.8 Å². The second-order valence-electron chi connectivity index (χ2n) is 7.63. The third-order valence-electron chi connectivity index (χ3n) is 5.11. The molecular formula is C23H23N3O5S. The Balaban J connectivity index is 1.33. The Labute approximate surface area is 189 Å². The number of nitrogens with zero attached hydrogens (tertiary/aromatic N) is 2. The van der Waals surface area contributed by atoms with Crippen LogP contribution in [0, 0.1) is 6.92 Å². The first kappa shape index (κ1) is 21.9. The highest BCUT2D eigenvalue weighted by atomic mass is 32.1. The zero-order chi connectivity index (χ0) is 22.7. The zero-order valence-corrected chi connectivity index (χ0v) is 18.2. The molecule has 1 aromatic heterocycles. The normalized spacial score (nSPS) is 18.4. The summed E-state index contributed by atoms with van der Waals surface area (Å²) in [6.45, 7) is 2.69. The van der Waals surface area contributed by atoms with Crippen LogP contribution in [0.2, 0.25) is 0 Å². The highest BCUT2D eigenvalue weighted by Gasteiger charge is 2.34. The van der Waals surface area contributed by atoms with Gasteiger partial charge >= 0.3 is 5.97 Å². The van der Waals surface area contributed by atoms with Gasteiger partial charge in [-0.1, -0.05) is 18.2 Å². The quantitative estimate of drug-likeness (QED) is 0.504. The first-order chi connectivity index (χ1) is 15.4. The topological polar surface area (TPSA) is 112 Å². The summed E-state index contributed by atoms with van der Waals surface area (Å²) in [6, 6.07) is 13.6. The van der Waals surface area contributed by atoms with Crippen molar-refractivity contribution in [1.29, 1.82) is 0 Å². The molecule has 4 rings (SSSR count). The average Bonchev–Trinajstić information content (AvgIpc) is 3.33. The number of amides is 1. The molecule has 1 saturated heterocycles. The summed E-state index contributed by atoms with van der Waals surface area (Å²) in [6.07, 6.45) is -1.34. The van der Waals surface area contributed by atoms with Gasteiger partial charge in [-0.2, -0.15) is 0 Å². The van der Waals surface area contributed by atoms with Crippen LogP contribution in [0.25, 0.3) is 11.3 Å². The lowest BCUT2D eigenvalue weighted by Crippen LogP contribution is -2.33. The zero-order valence-electron chi connectivity index (χ0n) is 17.4. The van der Waals surface area contributed by atoms with Gasteiger partial charge in [-0.3, -0.25) is 9.69 Å². The number of β-amino-alcohol motifs (C(OH)–C–C–N with tert-alkyl or cyclic N) is 1. The maximum absolute atomic E-state index is 12.6. The summed E-state index contributed by atoms with van der Waals surface area (Å²) >= 11 is 1.57. The minimum Gasteiger partial charge on any atom is -0.486 e. The summed E-state index contributed by atoms with van der Waals surface area (Å²) in [5.74, 6) is -0.874. The number of rotatable bonds is 7. The van der Waals surface area contributed by atoms with Crippen molar-refractivity contribution in [3.8, 4) is 17.0 Å². The number of ether oxygens (including phenoxy) is 1. The van der Waals surface area contributed by atoms with Gasteiger partial charge in [0.25, 0.3) is 0 Å². The van der Waals surface area contributed by atoms with Crippen LogP contribution in [0.5, 0.6) is 5.75 Å². The number of hydrogen-bond acceptors (Lipinski definition) is 7. The van der Waals surface area contributed by atoms with E-state index in [1.807, 2.05) is 36.6 Å². The Morgan fingerprint density at radius 3 is 2.78 bits per heavy atom. The molecule has 2 atom stereocenters. The second kappa shape index (κ2) is 9.47. The number of nitrogens with one attached hydrogen (secondary N) is 1. The lowest BCUT2D eigenvalue weighted by Gasteiger charge is -2.17. The maximum Gasteiger partial charge on any atom is 0.335 e. The number of thiazole rings is 1. The molecule has 32 heavy (non-hydrogen) atoms. The minimum atomic E-state index is -1.05. The summed E-state index contributed by atoms with van der Waals surface area (Å²) in [5.41, 5.74) is 2.59. The van der Waals surface area contributed by atoms with Gasteiger partial charge in [-0.05, 0) is 37.3 Å². The molecule has 9 heteroatoms. The monoisotopic (exact) mass is 453 g/mol. The van der Waals surface area contributed by atoms with Gasteiger partial charge in [0.2, 0.25) is 5.91 Å². The Bertz CT molecular complexity index is 1130. The van der Waals surface area contributed by atoms with Crippen molar-refractivity contribution in [2.75, 3.05) is 25.0 Å². The van der Waals surface area contributed by atoms with E-state index in [4.69, 9.17) is 9.84 Å². The highest BCUT2D eigenvalue weighted by molar-refractivity contribution is 7.09. The molecule has 0 aliphatic carbocycles. The number of carboxylic acid groups (broad SMARTS) is 1. The number of aliphatic hydroxyl groups excluding tert-OH is 1. The van der Waals surface area contributed by atoms with Crippen molar-refractivity contribution >= 4 is 28.9 Å². The van der Waals surface area contributed by atoms with Crippen molar-refractivity contribution in [2.24, 2.45) is 0 Å². The lowest BCUT2D eigenvalue weighted by molar-refractivity contribution is -0.117. The van der Waals surface area contributed by atoms with Crippen LogP contribution in [0.3, 0.4) is 0 Å². The third kappa shape index (κ3) is 5.31. The SMILES string of the molecule is Cc1nc(-c2cccc(NC(=O)CN3C[C@@H](O)[C@H](Oc4cccc(C(=O)O)c4)C3)c2)cs1. The largest absolute Gasteiger partial charge is 0.486 e. The Morgan fingerprint density at radius 1 is 1.22 bits per heavy atom. The summed E-state index contributed by atoms with van der Waals surface area (Å²) in [4.78, 5) is 30.0. The van der Waals surface area contributed by atoms with E-state index in [0.717, 1.165) is 16.3 Å². The van der Waals surface area contributed by atoms with Gasteiger partial charge in [0.15, 0.2) is 0 Å². The number of carboxylic acids is 1. The molecular weight excluding hydrogens is 430 g/mol. The fourth-order valence-electron chi connectivity index (χ4n) is 3.61. The van der Waals surface area contributed by atoms with Crippen LogP contribution in [0.4, 0.5) is 5.69 Å². The van der Waals surface area contributed by atoms with Crippen molar-refractivity contribution in [2.45, 2.75) is 19.1 Å². The lowest BCUT2D eigenvalue weighted by atomic mass is 10.1. The van der Waals surface area contributed by atoms with E-state index in [1.165, 1.54) is 12.1 Å². The molecule has 1 fully saturated rings. The predicted molar refractivity (Wildman–Crippen MR) is 121 cm³/mol. The van der Waals surface area contributed by atoms with Crippen LogP contribution < -0.4 is 10.1 Å². The highest BCUT2D eigenvalue weighted by Crippen LogP contribution is 2.24. The molecule has 3 N–H and O–H groups in total.